The first kappa shape index (κ1) is 7.81. The predicted octanol–water partition coefficient (Wildman–Crippen LogP) is 1.51. The van der Waals surface area contributed by atoms with Crippen molar-refractivity contribution in [2.24, 2.45) is 0 Å². The number of halogens is 3. The number of hydrogen-bond acceptors (Lipinski definition) is 1. The topological polar surface area (TPSA) is 3.24 Å². The lowest BCUT2D eigenvalue weighted by atomic mass is 10.5. The molecule has 0 aromatic rings. The first-order valence-electron chi connectivity index (χ1n) is 3.27. The molecule has 0 aliphatic carbocycles. The van der Waals surface area contributed by atoms with Gasteiger partial charge in [-0.3, -0.25) is 0 Å². The lowest BCUT2D eigenvalue weighted by Crippen LogP contribution is -2.24. The fraction of sp³-hybridized carbons (Fsp3) is 1.00. The van der Waals surface area contributed by atoms with E-state index in [1.807, 2.05) is 0 Å². The summed E-state index contributed by atoms with van der Waals surface area (Å²) < 4.78 is 35.1. The average molecular weight is 155 g/mol. The molecule has 2 unspecified atom stereocenters. The SMILES string of the molecule is CCC[N+]1(F)CC1N(F)F. The molecule has 0 bridgehead atoms. The van der Waals surface area contributed by atoms with E-state index in [2.05, 4.69) is 0 Å². The number of rotatable bonds is 3. The van der Waals surface area contributed by atoms with E-state index in [1.54, 1.807) is 6.92 Å². The Balaban J connectivity index is 2.33. The van der Waals surface area contributed by atoms with Gasteiger partial charge in [0.05, 0.1) is 5.34 Å². The zero-order chi connectivity index (χ0) is 7.78. The molecule has 0 radical (unpaired) electrons. The number of quaternary nitrogens is 1. The summed E-state index contributed by atoms with van der Waals surface area (Å²) in [4.78, 5) is 0. The van der Waals surface area contributed by atoms with Gasteiger partial charge >= 0.3 is 0 Å². The van der Waals surface area contributed by atoms with Gasteiger partial charge in [-0.25, -0.2) is 0 Å². The molecular formula is C5H10F3N2+. The summed E-state index contributed by atoms with van der Waals surface area (Å²) in [5.41, 5.74) is 0. The Morgan fingerprint density at radius 3 is 2.50 bits per heavy atom. The van der Waals surface area contributed by atoms with Crippen LogP contribution in [-0.2, 0) is 0 Å². The molecule has 0 spiro atoms. The molecule has 0 aromatic carbocycles. The minimum atomic E-state index is -1.19. The van der Waals surface area contributed by atoms with Crippen LogP contribution in [0.4, 0.5) is 13.4 Å². The minimum absolute atomic E-state index is 0.0686. The maximum atomic E-state index is 12.8. The van der Waals surface area contributed by atoms with Crippen molar-refractivity contribution in [1.82, 2.24) is 5.34 Å². The van der Waals surface area contributed by atoms with E-state index >= 15 is 0 Å². The quantitative estimate of drug-likeness (QED) is 0.441. The number of hydrogen-bond donors (Lipinski definition) is 0. The summed E-state index contributed by atoms with van der Waals surface area (Å²) in [7, 11) is 0. The summed E-state index contributed by atoms with van der Waals surface area (Å²) in [5.74, 6) is 0. The highest BCUT2D eigenvalue weighted by Crippen LogP contribution is 2.35. The molecule has 1 heterocycles. The van der Waals surface area contributed by atoms with Gasteiger partial charge in [0.15, 0.2) is 6.54 Å². The van der Waals surface area contributed by atoms with Gasteiger partial charge in [-0.15, -0.1) is 0 Å². The molecule has 2 atom stereocenters. The molecule has 0 amide bonds. The highest BCUT2D eigenvalue weighted by Gasteiger charge is 2.63. The number of nitrogens with zero attached hydrogens (tertiary/aromatic N) is 2. The van der Waals surface area contributed by atoms with Gasteiger partial charge in [0.1, 0.15) is 6.54 Å². The zero-order valence-electron chi connectivity index (χ0n) is 5.73. The maximum Gasteiger partial charge on any atom is 0.290 e. The maximum absolute atomic E-state index is 12.8. The molecule has 2 nitrogen and oxygen atoms in total. The Labute approximate surface area is 57.2 Å². The van der Waals surface area contributed by atoms with Gasteiger partial charge in [-0.05, 0) is 10.9 Å². The van der Waals surface area contributed by atoms with Crippen molar-refractivity contribution in [2.75, 3.05) is 13.1 Å². The monoisotopic (exact) mass is 155 g/mol. The van der Waals surface area contributed by atoms with Crippen molar-refractivity contribution in [1.29, 1.82) is 0 Å². The van der Waals surface area contributed by atoms with Crippen LogP contribution in [-0.4, -0.2) is 29.3 Å². The van der Waals surface area contributed by atoms with Crippen LogP contribution in [0.3, 0.4) is 0 Å². The van der Waals surface area contributed by atoms with Crippen LogP contribution >= 0.6 is 0 Å². The average Bonchev–Trinajstić information content (AvgIpc) is 2.43. The van der Waals surface area contributed by atoms with Crippen LogP contribution in [0, 0.1) is 0 Å². The minimum Gasteiger partial charge on any atom is -0.0981 e. The first-order chi connectivity index (χ1) is 4.60. The molecule has 0 N–H and O–H groups in total. The van der Waals surface area contributed by atoms with Crippen LogP contribution in [0.5, 0.6) is 0 Å². The normalized spacial score (nSPS) is 38.7. The van der Waals surface area contributed by atoms with Crippen LogP contribution in [0.15, 0.2) is 0 Å². The Hall–Kier alpha value is -0.290. The van der Waals surface area contributed by atoms with Gasteiger partial charge in [0.25, 0.3) is 6.17 Å². The standard InChI is InChI=1S/C5H10F3N2/c1-2-3-10(8)4-5(10)9(6)7/h5H,2-4H2,1H3/q+1. The third kappa shape index (κ3) is 1.24. The molecule has 0 aromatic heterocycles. The van der Waals surface area contributed by atoms with Gasteiger partial charge in [-0.2, -0.15) is 0 Å². The van der Waals surface area contributed by atoms with E-state index in [0.29, 0.717) is 6.42 Å². The van der Waals surface area contributed by atoms with Crippen molar-refractivity contribution in [2.45, 2.75) is 19.5 Å². The molecule has 1 aliphatic heterocycles. The molecule has 0 saturated carbocycles. The van der Waals surface area contributed by atoms with Crippen molar-refractivity contribution in [3.05, 3.63) is 0 Å². The summed E-state index contributed by atoms with van der Waals surface area (Å²) >= 11 is 0. The summed E-state index contributed by atoms with van der Waals surface area (Å²) in [5, 5.41) is -1.05. The Morgan fingerprint density at radius 1 is 1.60 bits per heavy atom. The molecule has 1 fully saturated rings. The van der Waals surface area contributed by atoms with Crippen LogP contribution in [0.25, 0.3) is 0 Å². The molecule has 60 valence electrons. The van der Waals surface area contributed by atoms with E-state index in [1.165, 1.54) is 0 Å². The van der Waals surface area contributed by atoms with Crippen molar-refractivity contribution < 1.29 is 18.1 Å². The Bertz CT molecular complexity index is 130. The predicted molar refractivity (Wildman–Crippen MR) is 29.2 cm³/mol. The van der Waals surface area contributed by atoms with E-state index in [4.69, 9.17) is 0 Å². The molecule has 1 rings (SSSR count). The van der Waals surface area contributed by atoms with E-state index in [-0.39, 0.29) is 13.1 Å². The van der Waals surface area contributed by atoms with Crippen LogP contribution in [0.1, 0.15) is 13.3 Å². The fourth-order valence-electron chi connectivity index (χ4n) is 1.05. The van der Waals surface area contributed by atoms with Gasteiger partial charge in [0, 0.05) is 0 Å². The van der Waals surface area contributed by atoms with Gasteiger partial charge in [0.2, 0.25) is 0 Å². The van der Waals surface area contributed by atoms with E-state index < -0.39 is 16.2 Å². The Kier molecular flexibility index (Phi) is 1.87. The zero-order valence-corrected chi connectivity index (χ0v) is 5.73. The van der Waals surface area contributed by atoms with Crippen LogP contribution in [0.2, 0.25) is 0 Å². The third-order valence-electron chi connectivity index (χ3n) is 1.69. The van der Waals surface area contributed by atoms with Crippen molar-refractivity contribution in [3.63, 3.8) is 0 Å². The van der Waals surface area contributed by atoms with Crippen molar-refractivity contribution >= 4 is 0 Å². The van der Waals surface area contributed by atoms with E-state index in [0.717, 1.165) is 0 Å². The summed E-state index contributed by atoms with van der Waals surface area (Å²) in [6.07, 6.45) is -0.596. The second-order valence-electron chi connectivity index (χ2n) is 2.57. The molecule has 1 saturated heterocycles. The Morgan fingerprint density at radius 2 is 2.20 bits per heavy atom. The summed E-state index contributed by atoms with van der Waals surface area (Å²) in [6.45, 7) is 1.89. The van der Waals surface area contributed by atoms with Crippen LogP contribution < -0.4 is 0 Å². The second kappa shape index (κ2) is 2.39. The molecular weight excluding hydrogens is 145 g/mol. The second-order valence-corrected chi connectivity index (χ2v) is 2.57. The van der Waals surface area contributed by atoms with Gasteiger partial charge < -0.3 is 0 Å². The first-order valence-corrected chi connectivity index (χ1v) is 3.27. The lowest BCUT2D eigenvalue weighted by Gasteiger charge is -2.03. The summed E-state index contributed by atoms with van der Waals surface area (Å²) in [6, 6.07) is 0. The third-order valence-corrected chi connectivity index (χ3v) is 1.69. The van der Waals surface area contributed by atoms with Crippen molar-refractivity contribution in [3.8, 4) is 0 Å². The molecule has 5 heteroatoms. The highest BCUT2D eigenvalue weighted by molar-refractivity contribution is 4.61. The molecule has 1 aliphatic rings. The molecule has 10 heavy (non-hydrogen) atoms. The smallest absolute Gasteiger partial charge is 0.0981 e. The largest absolute Gasteiger partial charge is 0.290 e. The highest BCUT2D eigenvalue weighted by atomic mass is 19.4. The van der Waals surface area contributed by atoms with E-state index in [9.17, 15) is 13.4 Å². The fourth-order valence-corrected chi connectivity index (χ4v) is 1.05. The van der Waals surface area contributed by atoms with Gasteiger partial charge in [-0.1, -0.05) is 20.6 Å². The lowest BCUT2D eigenvalue weighted by molar-refractivity contribution is -0.968.